The van der Waals surface area contributed by atoms with Crippen molar-refractivity contribution in [3.63, 3.8) is 0 Å². The van der Waals surface area contributed by atoms with Crippen LogP contribution in [0.1, 0.15) is 64.5 Å². The van der Waals surface area contributed by atoms with E-state index in [2.05, 4.69) is 10.2 Å². The first-order valence-electron chi connectivity index (χ1n) is 12.4. The Kier molecular flexibility index (Phi) is 8.40. The number of hydrogen-bond donors (Lipinski definition) is 1. The number of carbonyl (C=O) groups is 2. The maximum Gasteiger partial charge on any atom is 0.416 e. The predicted octanol–water partition coefficient (Wildman–Crippen LogP) is 5.07. The normalized spacial score (nSPS) is 23.6. The van der Waals surface area contributed by atoms with Gasteiger partial charge in [-0.15, -0.1) is 0 Å². The van der Waals surface area contributed by atoms with Crippen molar-refractivity contribution in [3.8, 4) is 0 Å². The highest BCUT2D eigenvalue weighted by Crippen LogP contribution is 2.39. The van der Waals surface area contributed by atoms with Gasteiger partial charge in [0.1, 0.15) is 11.6 Å². The minimum absolute atomic E-state index is 0.0245. The van der Waals surface area contributed by atoms with E-state index in [0.29, 0.717) is 24.8 Å². The molecule has 1 aromatic rings. The molecule has 0 spiro atoms. The van der Waals surface area contributed by atoms with Gasteiger partial charge in [0.25, 0.3) is 0 Å². The molecule has 2 fully saturated rings. The predicted molar refractivity (Wildman–Crippen MR) is 128 cm³/mol. The summed E-state index contributed by atoms with van der Waals surface area (Å²) in [7, 11) is 1.60. The van der Waals surface area contributed by atoms with E-state index < -0.39 is 29.5 Å². The standard InChI is InChI=1S/C26H38F3N3O3/c1-6-7-22(31(5)24(34)35-25(2,3)4)23(33)30-21-13-10-18-15-32(16-20(18)21)14-17-8-11-19(12-9-17)26(27,28)29/h8-9,11-12,18,20-22H,6-7,10,13-16H2,1-5H3,(H,30,33)/t18-,20+,21+,22?/m1/s1. The van der Waals surface area contributed by atoms with E-state index in [1.807, 2.05) is 6.92 Å². The van der Waals surface area contributed by atoms with Crippen LogP contribution in [0.5, 0.6) is 0 Å². The maximum atomic E-state index is 13.2. The van der Waals surface area contributed by atoms with Gasteiger partial charge in [0.15, 0.2) is 0 Å². The van der Waals surface area contributed by atoms with Crippen molar-refractivity contribution < 1.29 is 27.5 Å². The van der Waals surface area contributed by atoms with Crippen molar-refractivity contribution >= 4 is 12.0 Å². The lowest BCUT2D eigenvalue weighted by molar-refractivity contribution is -0.137. The summed E-state index contributed by atoms with van der Waals surface area (Å²) in [4.78, 5) is 29.4. The lowest BCUT2D eigenvalue weighted by atomic mass is 9.97. The zero-order valence-corrected chi connectivity index (χ0v) is 21.3. The lowest BCUT2D eigenvalue weighted by Gasteiger charge is -2.31. The van der Waals surface area contributed by atoms with Gasteiger partial charge in [0.2, 0.25) is 5.91 Å². The van der Waals surface area contributed by atoms with Crippen LogP contribution < -0.4 is 5.32 Å². The van der Waals surface area contributed by atoms with Crippen LogP contribution in [0.15, 0.2) is 24.3 Å². The van der Waals surface area contributed by atoms with Crippen LogP contribution in [0.3, 0.4) is 0 Å². The van der Waals surface area contributed by atoms with Gasteiger partial charge in [-0.3, -0.25) is 14.6 Å². The fraction of sp³-hybridized carbons (Fsp3) is 0.692. The smallest absolute Gasteiger partial charge is 0.416 e. The molecule has 6 nitrogen and oxygen atoms in total. The number of nitrogens with one attached hydrogen (secondary N) is 1. The Bertz CT molecular complexity index is 883. The molecule has 35 heavy (non-hydrogen) atoms. The van der Waals surface area contributed by atoms with Crippen LogP contribution in [-0.2, 0) is 22.3 Å². The summed E-state index contributed by atoms with van der Waals surface area (Å²) < 4.78 is 43.9. The van der Waals surface area contributed by atoms with Crippen LogP contribution in [-0.4, -0.2) is 59.6 Å². The van der Waals surface area contributed by atoms with E-state index in [1.54, 1.807) is 27.8 Å². The quantitative estimate of drug-likeness (QED) is 0.572. The summed E-state index contributed by atoms with van der Waals surface area (Å²) in [6.45, 7) is 9.61. The van der Waals surface area contributed by atoms with Gasteiger partial charge in [0.05, 0.1) is 5.56 Å². The highest BCUT2D eigenvalue weighted by atomic mass is 19.4. The first-order chi connectivity index (χ1) is 16.3. The molecule has 196 valence electrons. The van der Waals surface area contributed by atoms with Crippen molar-refractivity contribution in [3.05, 3.63) is 35.4 Å². The monoisotopic (exact) mass is 497 g/mol. The molecule has 2 aliphatic rings. The number of alkyl halides is 3. The molecule has 1 unspecified atom stereocenters. The van der Waals surface area contributed by atoms with Crippen molar-refractivity contribution in [1.29, 1.82) is 0 Å². The van der Waals surface area contributed by atoms with Crippen LogP contribution in [0.25, 0.3) is 0 Å². The summed E-state index contributed by atoms with van der Waals surface area (Å²) >= 11 is 0. The van der Waals surface area contributed by atoms with Crippen molar-refractivity contribution in [1.82, 2.24) is 15.1 Å². The van der Waals surface area contributed by atoms with Gasteiger partial charge >= 0.3 is 12.3 Å². The van der Waals surface area contributed by atoms with E-state index in [1.165, 1.54) is 17.0 Å². The van der Waals surface area contributed by atoms with Gasteiger partial charge in [-0.2, -0.15) is 13.2 Å². The van der Waals surface area contributed by atoms with E-state index >= 15 is 0 Å². The van der Waals surface area contributed by atoms with Gasteiger partial charge in [-0.1, -0.05) is 25.5 Å². The number of likely N-dealkylation sites (N-methyl/N-ethyl adjacent to an activating group) is 1. The SMILES string of the molecule is CCCC(C(=O)N[C@H]1CC[C@@H]2CN(Cc3ccc(C(F)(F)F)cc3)C[C@@H]21)N(C)C(=O)OC(C)(C)C. The Hall–Kier alpha value is -2.29. The number of likely N-dealkylation sites (tertiary alicyclic amines) is 1. The van der Waals surface area contributed by atoms with Crippen molar-refractivity contribution in [2.45, 2.75) is 83.8 Å². The minimum Gasteiger partial charge on any atom is -0.444 e. The molecule has 4 atom stereocenters. The number of benzene rings is 1. The number of hydrogen-bond acceptors (Lipinski definition) is 4. The third kappa shape index (κ3) is 7.12. The highest BCUT2D eigenvalue weighted by Gasteiger charge is 2.44. The molecule has 0 radical (unpaired) electrons. The lowest BCUT2D eigenvalue weighted by Crippen LogP contribution is -2.52. The number of amides is 2. The number of ether oxygens (including phenoxy) is 1. The van der Waals surface area contributed by atoms with Crippen LogP contribution in [0, 0.1) is 11.8 Å². The molecule has 2 amide bonds. The van der Waals surface area contributed by atoms with Gasteiger partial charge < -0.3 is 10.1 Å². The second kappa shape index (κ2) is 10.8. The Morgan fingerprint density at radius 1 is 1.14 bits per heavy atom. The summed E-state index contributed by atoms with van der Waals surface area (Å²) in [5.74, 6) is 0.581. The number of nitrogens with zero attached hydrogens (tertiary/aromatic N) is 2. The molecule has 0 aromatic heterocycles. The van der Waals surface area contributed by atoms with Gasteiger partial charge in [-0.25, -0.2) is 4.79 Å². The topological polar surface area (TPSA) is 61.9 Å². The second-order valence-corrected chi connectivity index (χ2v) is 10.9. The third-order valence-electron chi connectivity index (χ3n) is 6.96. The largest absolute Gasteiger partial charge is 0.444 e. The van der Waals surface area contributed by atoms with Crippen LogP contribution >= 0.6 is 0 Å². The first kappa shape index (κ1) is 27.3. The Labute approximate surface area is 206 Å². The van der Waals surface area contributed by atoms with Crippen molar-refractivity contribution in [2.24, 2.45) is 11.8 Å². The van der Waals surface area contributed by atoms with Crippen molar-refractivity contribution in [2.75, 3.05) is 20.1 Å². The molecule has 9 heteroatoms. The average Bonchev–Trinajstić information content (AvgIpc) is 3.31. The highest BCUT2D eigenvalue weighted by molar-refractivity contribution is 5.85. The number of carbonyl (C=O) groups excluding carboxylic acids is 2. The van der Waals surface area contributed by atoms with Gasteiger partial charge in [-0.05, 0) is 69.6 Å². The molecule has 1 aromatic carbocycles. The summed E-state index contributed by atoms with van der Waals surface area (Å²) in [5, 5.41) is 3.20. The Balaban J connectivity index is 1.58. The van der Waals surface area contributed by atoms with E-state index in [0.717, 1.165) is 50.0 Å². The third-order valence-corrected chi connectivity index (χ3v) is 6.96. The van der Waals surface area contributed by atoms with E-state index in [9.17, 15) is 22.8 Å². The van der Waals surface area contributed by atoms with E-state index in [-0.39, 0.29) is 11.9 Å². The fourth-order valence-corrected chi connectivity index (χ4v) is 5.24. The molecule has 3 rings (SSSR count). The molecule has 1 saturated heterocycles. The summed E-state index contributed by atoms with van der Waals surface area (Å²) in [6.07, 6.45) is -1.66. The number of fused-ring (bicyclic) bond motifs is 1. The summed E-state index contributed by atoms with van der Waals surface area (Å²) in [6, 6.07) is 4.76. The molecule has 1 aliphatic carbocycles. The van der Waals surface area contributed by atoms with Crippen LogP contribution in [0.4, 0.5) is 18.0 Å². The minimum atomic E-state index is -4.33. The Morgan fingerprint density at radius 3 is 2.37 bits per heavy atom. The molecule has 1 saturated carbocycles. The summed E-state index contributed by atoms with van der Waals surface area (Å²) in [5.41, 5.74) is -0.432. The molecule has 1 aliphatic heterocycles. The number of halogens is 3. The molecule has 1 heterocycles. The van der Waals surface area contributed by atoms with Crippen LogP contribution in [0.2, 0.25) is 0 Å². The zero-order chi connectivity index (χ0) is 26.0. The molecule has 0 bridgehead atoms. The van der Waals surface area contributed by atoms with Gasteiger partial charge in [0, 0.05) is 32.7 Å². The zero-order valence-electron chi connectivity index (χ0n) is 21.3. The molecule has 1 N–H and O–H groups in total. The Morgan fingerprint density at radius 2 is 1.80 bits per heavy atom. The molecular weight excluding hydrogens is 459 g/mol. The molecular formula is C26H38F3N3O3. The maximum absolute atomic E-state index is 13.2. The number of rotatable bonds is 7. The second-order valence-electron chi connectivity index (χ2n) is 10.9. The fourth-order valence-electron chi connectivity index (χ4n) is 5.24. The first-order valence-corrected chi connectivity index (χ1v) is 12.4. The average molecular weight is 498 g/mol. The van der Waals surface area contributed by atoms with E-state index in [4.69, 9.17) is 4.74 Å².